The van der Waals surface area contributed by atoms with Crippen molar-refractivity contribution in [2.75, 3.05) is 0 Å². The Morgan fingerprint density at radius 1 is 0.481 bits per heavy atom. The average molecular weight is 468 g/mol. The van der Waals surface area contributed by atoms with Crippen LogP contribution in [0.1, 0.15) is 22.3 Å². The molecule has 4 aromatic carbocycles. The molecular weight excluding hydrogens is 450 g/mol. The first-order valence-corrected chi connectivity index (χ1v) is 9.06. The fourth-order valence-electron chi connectivity index (χ4n) is 4.00. The third-order valence-electron chi connectivity index (χ3n) is 5.23. The minimum absolute atomic E-state index is 0. The molecule has 0 fully saturated rings. The Balaban J connectivity index is 0.000000129. The van der Waals surface area contributed by atoms with Crippen molar-refractivity contribution >= 4 is 48.9 Å². The number of hydrogen-bond acceptors (Lipinski definition) is 0. The molecule has 0 heterocycles. The second-order valence-electron chi connectivity index (χ2n) is 6.79. The van der Waals surface area contributed by atoms with Crippen molar-refractivity contribution in [3.63, 3.8) is 0 Å². The van der Waals surface area contributed by atoms with Crippen LogP contribution in [-0.2, 0) is 12.8 Å². The van der Waals surface area contributed by atoms with Crippen molar-refractivity contribution in [1.29, 1.82) is 0 Å². The summed E-state index contributed by atoms with van der Waals surface area (Å²) in [7, 11) is 0. The summed E-state index contributed by atoms with van der Waals surface area (Å²) in [6.07, 6.45) is 2.10. The monoisotopic (exact) mass is 468 g/mol. The van der Waals surface area contributed by atoms with Crippen LogP contribution in [-0.4, -0.2) is 48.9 Å². The zero-order valence-corrected chi connectivity index (χ0v) is 19.6. The maximum atomic E-state index is 3.30. The van der Waals surface area contributed by atoms with Gasteiger partial charge < -0.3 is 0 Å². The minimum Gasteiger partial charge on any atom is -0.179 e. The molecule has 124 valence electrons. The molecule has 0 amide bonds. The molecule has 0 nitrogen and oxygen atoms in total. The molecule has 27 heavy (non-hydrogen) atoms. The van der Waals surface area contributed by atoms with Crippen molar-refractivity contribution in [2.45, 2.75) is 12.8 Å². The molecule has 4 aromatic rings. The first kappa shape index (κ1) is 18.8. The smallest absolute Gasteiger partial charge is 0.179 e. The van der Waals surface area contributed by atoms with Gasteiger partial charge in [-0.15, -0.1) is 11.1 Å². The Hall–Kier alpha value is -1.55. The van der Waals surface area contributed by atoms with Crippen LogP contribution in [0.5, 0.6) is 0 Å². The predicted molar refractivity (Wildman–Crippen MR) is 113 cm³/mol. The SMILES string of the molecule is [Ba+2].[c-]1cccc2c1Cc1ccccc1-2.[c-]1cccc2c1Cc1ccccc1-2. The number of benzene rings is 4. The molecule has 2 aliphatic rings. The summed E-state index contributed by atoms with van der Waals surface area (Å²) in [4.78, 5) is 0. The van der Waals surface area contributed by atoms with E-state index < -0.39 is 0 Å². The molecule has 0 spiro atoms. The fraction of sp³-hybridized carbons (Fsp3) is 0.0769. The van der Waals surface area contributed by atoms with Gasteiger partial charge in [0.05, 0.1) is 0 Å². The van der Waals surface area contributed by atoms with Gasteiger partial charge in [0.25, 0.3) is 0 Å². The molecule has 1 heteroatoms. The third kappa shape index (κ3) is 3.61. The Labute approximate surface area is 201 Å². The van der Waals surface area contributed by atoms with Crippen LogP contribution in [0.4, 0.5) is 0 Å². The third-order valence-corrected chi connectivity index (χ3v) is 5.23. The van der Waals surface area contributed by atoms with Gasteiger partial charge in [-0.25, -0.2) is 0 Å². The molecule has 0 aliphatic heterocycles. The maximum absolute atomic E-state index is 3.30. The van der Waals surface area contributed by atoms with Gasteiger partial charge in [0.15, 0.2) is 0 Å². The molecular formula is C26H18Ba. The van der Waals surface area contributed by atoms with Crippen LogP contribution in [0.2, 0.25) is 0 Å². The molecule has 0 bridgehead atoms. The topological polar surface area (TPSA) is 0 Å². The first-order valence-electron chi connectivity index (χ1n) is 9.06. The van der Waals surface area contributed by atoms with E-state index in [0.29, 0.717) is 0 Å². The predicted octanol–water partition coefficient (Wildman–Crippen LogP) is 5.74. The van der Waals surface area contributed by atoms with Gasteiger partial charge in [-0.1, -0.05) is 70.8 Å². The molecule has 0 N–H and O–H groups in total. The molecule has 0 saturated heterocycles. The summed E-state index contributed by atoms with van der Waals surface area (Å²) in [6.45, 7) is 0. The fourth-order valence-corrected chi connectivity index (χ4v) is 4.00. The Morgan fingerprint density at radius 2 is 0.889 bits per heavy atom. The van der Waals surface area contributed by atoms with Crippen LogP contribution < -0.4 is 0 Å². The summed E-state index contributed by atoms with van der Waals surface area (Å²) in [5.41, 5.74) is 11.0. The average Bonchev–Trinajstić information content (AvgIpc) is 3.27. The summed E-state index contributed by atoms with van der Waals surface area (Å²) < 4.78 is 0. The van der Waals surface area contributed by atoms with Gasteiger partial charge in [0, 0.05) is 0 Å². The summed E-state index contributed by atoms with van der Waals surface area (Å²) in [6, 6.07) is 36.2. The van der Waals surface area contributed by atoms with Crippen LogP contribution in [0.3, 0.4) is 0 Å². The number of rotatable bonds is 0. The van der Waals surface area contributed by atoms with E-state index >= 15 is 0 Å². The standard InChI is InChI=1S/2C13H9.Ba/c2*1-3-7-12-10(5-1)9-11-6-2-4-8-13(11)12;/h2*1-5,7-8H,9H2;/q2*-1;+2. The first-order chi connectivity index (χ1) is 12.9. The zero-order valence-electron chi connectivity index (χ0n) is 15.2. The zero-order chi connectivity index (χ0) is 17.3. The van der Waals surface area contributed by atoms with E-state index in [9.17, 15) is 0 Å². The van der Waals surface area contributed by atoms with Crippen molar-refractivity contribution in [3.05, 3.63) is 119 Å². The number of hydrogen-bond donors (Lipinski definition) is 0. The van der Waals surface area contributed by atoms with Gasteiger partial charge in [-0.05, 0) is 12.8 Å². The Kier molecular flexibility index (Phi) is 5.72. The Morgan fingerprint density at radius 3 is 1.37 bits per heavy atom. The second-order valence-corrected chi connectivity index (χ2v) is 6.79. The van der Waals surface area contributed by atoms with E-state index in [2.05, 4.69) is 84.9 Å². The van der Waals surface area contributed by atoms with Crippen LogP contribution in [0.15, 0.2) is 84.9 Å². The Bertz CT molecular complexity index is 918. The van der Waals surface area contributed by atoms with Crippen molar-refractivity contribution in [1.82, 2.24) is 0 Å². The molecule has 0 aromatic heterocycles. The second kappa shape index (κ2) is 8.22. The van der Waals surface area contributed by atoms with E-state index in [1.807, 2.05) is 12.1 Å². The van der Waals surface area contributed by atoms with Crippen LogP contribution >= 0.6 is 0 Å². The van der Waals surface area contributed by atoms with E-state index in [1.54, 1.807) is 0 Å². The normalized spacial score (nSPS) is 11.9. The van der Waals surface area contributed by atoms with Crippen molar-refractivity contribution in [2.24, 2.45) is 0 Å². The van der Waals surface area contributed by atoms with E-state index in [1.165, 1.54) is 44.5 Å². The maximum Gasteiger partial charge on any atom is 2.00 e. The quantitative estimate of drug-likeness (QED) is 0.198. The van der Waals surface area contributed by atoms with Gasteiger partial charge >= 0.3 is 48.9 Å². The number of fused-ring (bicyclic) bond motifs is 6. The molecule has 0 radical (unpaired) electrons. The minimum atomic E-state index is 0. The van der Waals surface area contributed by atoms with Gasteiger partial charge in [0.2, 0.25) is 0 Å². The van der Waals surface area contributed by atoms with Crippen molar-refractivity contribution < 1.29 is 0 Å². The van der Waals surface area contributed by atoms with Crippen LogP contribution in [0, 0.1) is 12.1 Å². The summed E-state index contributed by atoms with van der Waals surface area (Å²) >= 11 is 0. The van der Waals surface area contributed by atoms with E-state index in [0.717, 1.165) is 12.8 Å². The van der Waals surface area contributed by atoms with E-state index in [-0.39, 0.29) is 48.9 Å². The van der Waals surface area contributed by atoms with Gasteiger partial charge in [-0.3, -0.25) is 0 Å². The summed E-state index contributed by atoms with van der Waals surface area (Å²) in [5, 5.41) is 0. The molecule has 0 saturated carbocycles. The summed E-state index contributed by atoms with van der Waals surface area (Å²) in [5.74, 6) is 0. The van der Waals surface area contributed by atoms with E-state index in [4.69, 9.17) is 0 Å². The molecule has 6 rings (SSSR count). The van der Waals surface area contributed by atoms with Gasteiger partial charge in [0.1, 0.15) is 0 Å². The largest absolute Gasteiger partial charge is 2.00 e. The molecule has 2 aliphatic carbocycles. The molecule has 0 unspecified atom stereocenters. The molecule has 0 atom stereocenters. The van der Waals surface area contributed by atoms with Crippen molar-refractivity contribution in [3.8, 4) is 22.3 Å². The van der Waals surface area contributed by atoms with Crippen LogP contribution in [0.25, 0.3) is 22.3 Å². The van der Waals surface area contributed by atoms with Gasteiger partial charge in [-0.2, -0.15) is 59.7 Å².